The normalized spacial score (nSPS) is 19.7. The fraction of sp³-hybridized carbons (Fsp3) is 0.273. The van der Waals surface area contributed by atoms with Gasteiger partial charge in [0.1, 0.15) is 0 Å². The van der Waals surface area contributed by atoms with E-state index >= 15 is 0 Å². The molecule has 3 N–H and O–H groups in total. The molecular weight excluding hydrogens is 356 g/mol. The summed E-state index contributed by atoms with van der Waals surface area (Å²) in [6, 6.07) is 13.9. The van der Waals surface area contributed by atoms with Gasteiger partial charge in [0.15, 0.2) is 5.60 Å². The van der Waals surface area contributed by atoms with Crippen molar-refractivity contribution in [3.05, 3.63) is 71.8 Å². The van der Waals surface area contributed by atoms with Crippen LogP contribution in [0.15, 0.2) is 60.7 Å². The average molecular weight is 380 g/mol. The highest BCUT2D eigenvalue weighted by Gasteiger charge is 2.51. The summed E-state index contributed by atoms with van der Waals surface area (Å²) < 4.78 is 0. The van der Waals surface area contributed by atoms with Crippen LogP contribution in [0.1, 0.15) is 29.3 Å². The molecule has 2 aromatic carbocycles. The van der Waals surface area contributed by atoms with Crippen molar-refractivity contribution in [2.45, 2.75) is 18.9 Å². The van der Waals surface area contributed by atoms with Crippen molar-refractivity contribution < 1.29 is 19.8 Å². The van der Waals surface area contributed by atoms with Crippen LogP contribution in [0.5, 0.6) is 0 Å². The Bertz CT molecular complexity index is 910. The second-order valence-corrected chi connectivity index (χ2v) is 6.91. The van der Waals surface area contributed by atoms with Crippen LogP contribution in [0.2, 0.25) is 0 Å². The summed E-state index contributed by atoms with van der Waals surface area (Å²) in [4.78, 5) is 26.7. The lowest BCUT2D eigenvalue weighted by Crippen LogP contribution is -2.43. The van der Waals surface area contributed by atoms with Gasteiger partial charge in [-0.25, -0.2) is 0 Å². The third-order valence-corrected chi connectivity index (χ3v) is 5.07. The van der Waals surface area contributed by atoms with Crippen LogP contribution in [0.4, 0.5) is 11.4 Å². The first-order valence-electron chi connectivity index (χ1n) is 9.18. The second-order valence-electron chi connectivity index (χ2n) is 6.91. The van der Waals surface area contributed by atoms with Gasteiger partial charge in [0.05, 0.1) is 5.69 Å². The van der Waals surface area contributed by atoms with E-state index in [1.54, 1.807) is 68.6 Å². The fourth-order valence-electron chi connectivity index (χ4n) is 3.44. The van der Waals surface area contributed by atoms with Crippen LogP contribution in [-0.4, -0.2) is 35.7 Å². The van der Waals surface area contributed by atoms with E-state index in [4.69, 9.17) is 5.11 Å². The van der Waals surface area contributed by atoms with Gasteiger partial charge >= 0.3 is 0 Å². The minimum absolute atomic E-state index is 0.00174. The van der Waals surface area contributed by atoms with Crippen LogP contribution < -0.4 is 10.2 Å². The van der Waals surface area contributed by atoms with Gasteiger partial charge in [0.2, 0.25) is 0 Å². The topological polar surface area (TPSA) is 89.9 Å². The number of carbonyl (C=O) groups is 2. The number of rotatable bonds is 6. The molecule has 28 heavy (non-hydrogen) atoms. The molecule has 0 aromatic heterocycles. The number of benzene rings is 2. The lowest BCUT2D eigenvalue weighted by atomic mass is 9.82. The number of carbonyl (C=O) groups excluding carboxylic acids is 2. The van der Waals surface area contributed by atoms with Crippen molar-refractivity contribution in [1.29, 1.82) is 0 Å². The molecule has 0 fully saturated rings. The van der Waals surface area contributed by atoms with E-state index in [9.17, 15) is 14.7 Å². The van der Waals surface area contributed by atoms with E-state index in [1.807, 2.05) is 6.07 Å². The van der Waals surface area contributed by atoms with E-state index < -0.39 is 17.4 Å². The Morgan fingerprint density at radius 3 is 2.64 bits per heavy atom. The number of nitrogens with one attached hydrogen (secondary N) is 1. The molecule has 2 amide bonds. The van der Waals surface area contributed by atoms with Gasteiger partial charge in [-0.15, -0.1) is 0 Å². The van der Waals surface area contributed by atoms with Gasteiger partial charge in [-0.1, -0.05) is 37.3 Å². The SMILES string of the molecule is C[C@@H](/C=C/CCO)[C@]1(O)C(=O)N(C)c2ccc(NC(=O)c3ccccc3)cc21. The highest BCUT2D eigenvalue weighted by Crippen LogP contribution is 2.45. The van der Waals surface area contributed by atoms with Gasteiger partial charge in [0, 0.05) is 36.4 Å². The lowest BCUT2D eigenvalue weighted by Gasteiger charge is -2.27. The van der Waals surface area contributed by atoms with Crippen molar-refractivity contribution in [1.82, 2.24) is 0 Å². The number of nitrogens with zero attached hydrogens (tertiary/aromatic N) is 1. The monoisotopic (exact) mass is 380 g/mol. The Morgan fingerprint density at radius 1 is 1.25 bits per heavy atom. The summed E-state index contributed by atoms with van der Waals surface area (Å²) in [6.07, 6.45) is 3.92. The van der Waals surface area contributed by atoms with Crippen molar-refractivity contribution in [2.75, 3.05) is 23.9 Å². The zero-order chi connectivity index (χ0) is 20.3. The molecule has 1 aliphatic rings. The van der Waals surface area contributed by atoms with Gasteiger partial charge < -0.3 is 20.4 Å². The van der Waals surface area contributed by atoms with Crippen LogP contribution in [-0.2, 0) is 10.4 Å². The number of aliphatic hydroxyl groups is 2. The Kier molecular flexibility index (Phi) is 5.63. The van der Waals surface area contributed by atoms with E-state index in [-0.39, 0.29) is 12.5 Å². The summed E-state index contributed by atoms with van der Waals surface area (Å²) in [7, 11) is 1.62. The van der Waals surface area contributed by atoms with Crippen LogP contribution >= 0.6 is 0 Å². The first kappa shape index (κ1) is 19.8. The largest absolute Gasteiger partial charge is 0.396 e. The molecule has 6 nitrogen and oxygen atoms in total. The predicted molar refractivity (Wildman–Crippen MR) is 108 cm³/mol. The van der Waals surface area contributed by atoms with Crippen molar-refractivity contribution in [3.8, 4) is 0 Å². The first-order chi connectivity index (χ1) is 13.4. The second kappa shape index (κ2) is 7.96. The molecule has 0 radical (unpaired) electrons. The maximum absolute atomic E-state index is 12.8. The zero-order valence-electron chi connectivity index (χ0n) is 15.9. The Hall–Kier alpha value is -2.96. The molecule has 146 valence electrons. The Balaban J connectivity index is 1.93. The van der Waals surface area contributed by atoms with Crippen LogP contribution in [0.3, 0.4) is 0 Å². The first-order valence-corrected chi connectivity index (χ1v) is 9.18. The number of fused-ring (bicyclic) bond motifs is 1. The highest BCUT2D eigenvalue weighted by molar-refractivity contribution is 6.08. The predicted octanol–water partition coefficient (Wildman–Crippen LogP) is 2.68. The minimum Gasteiger partial charge on any atom is -0.396 e. The lowest BCUT2D eigenvalue weighted by molar-refractivity contribution is -0.139. The van der Waals surface area contributed by atoms with Gasteiger partial charge in [-0.05, 0) is 36.8 Å². The number of hydrogen-bond acceptors (Lipinski definition) is 4. The van der Waals surface area contributed by atoms with Crippen molar-refractivity contribution in [2.24, 2.45) is 5.92 Å². The molecule has 0 spiro atoms. The number of amides is 2. The van der Waals surface area contributed by atoms with E-state index in [2.05, 4.69) is 5.32 Å². The Morgan fingerprint density at radius 2 is 1.96 bits per heavy atom. The van der Waals surface area contributed by atoms with Crippen molar-refractivity contribution >= 4 is 23.2 Å². The molecule has 1 aliphatic heterocycles. The molecule has 1 heterocycles. The molecule has 6 heteroatoms. The molecule has 0 saturated heterocycles. The van der Waals surface area contributed by atoms with Crippen molar-refractivity contribution in [3.63, 3.8) is 0 Å². The molecule has 2 aromatic rings. The minimum atomic E-state index is -1.73. The van der Waals surface area contributed by atoms with Gasteiger partial charge in [-0.3, -0.25) is 9.59 Å². The number of likely N-dealkylation sites (N-methyl/N-ethyl adjacent to an activating group) is 1. The van der Waals surface area contributed by atoms with Gasteiger partial charge in [-0.2, -0.15) is 0 Å². The molecule has 3 rings (SSSR count). The molecule has 0 unspecified atom stereocenters. The fourth-order valence-corrected chi connectivity index (χ4v) is 3.44. The highest BCUT2D eigenvalue weighted by atomic mass is 16.3. The van der Waals surface area contributed by atoms with Gasteiger partial charge in [0.25, 0.3) is 11.8 Å². The van der Waals surface area contributed by atoms with E-state index in [0.717, 1.165) is 0 Å². The molecule has 0 bridgehead atoms. The molecule has 2 atom stereocenters. The standard InChI is InChI=1S/C22H24N2O4/c1-15(8-6-7-13-25)22(28)18-14-17(11-12-19(18)24(2)21(22)27)23-20(26)16-9-4-3-5-10-16/h3-6,8-12,14-15,25,28H,7,13H2,1-2H3,(H,23,26)/b8-6+/t15-,22+/m0/s1. The summed E-state index contributed by atoms with van der Waals surface area (Å²) in [6.45, 7) is 1.76. The van der Waals surface area contributed by atoms with E-state index in [1.165, 1.54) is 4.90 Å². The summed E-state index contributed by atoms with van der Waals surface area (Å²) in [5.41, 5.74) is 0.343. The average Bonchev–Trinajstić information content (AvgIpc) is 2.90. The van der Waals surface area contributed by atoms with E-state index in [0.29, 0.717) is 28.9 Å². The molecule has 0 aliphatic carbocycles. The smallest absolute Gasteiger partial charge is 0.264 e. The zero-order valence-corrected chi connectivity index (χ0v) is 15.9. The summed E-state index contributed by atoms with van der Waals surface area (Å²) >= 11 is 0. The third-order valence-electron chi connectivity index (χ3n) is 5.07. The number of aliphatic hydroxyl groups excluding tert-OH is 1. The quantitative estimate of drug-likeness (QED) is 0.672. The Labute approximate surface area is 164 Å². The summed E-state index contributed by atoms with van der Waals surface area (Å²) in [5.74, 6) is -1.19. The molecule has 0 saturated carbocycles. The number of anilines is 2. The van der Waals surface area contributed by atoms with Crippen LogP contribution in [0, 0.1) is 5.92 Å². The maximum atomic E-state index is 12.8. The third kappa shape index (κ3) is 3.44. The summed E-state index contributed by atoms with van der Waals surface area (Å²) in [5, 5.41) is 23.1. The maximum Gasteiger partial charge on any atom is 0.264 e. The number of hydrogen-bond donors (Lipinski definition) is 3. The molecular formula is C22H24N2O4. The van der Waals surface area contributed by atoms with Crippen LogP contribution in [0.25, 0.3) is 0 Å².